The van der Waals surface area contributed by atoms with Gasteiger partial charge >= 0.3 is 0 Å². The molecule has 1 amide bonds. The Hall–Kier alpha value is -3.39. The van der Waals surface area contributed by atoms with Gasteiger partial charge in [0.05, 0.1) is 13.7 Å². The normalized spacial score (nSPS) is 10.7. The minimum Gasteiger partial charge on any atom is -0.493 e. The maximum Gasteiger partial charge on any atom is 0.254 e. The number of nitrogens with zero attached hydrogens (tertiary/aromatic N) is 3. The number of methoxy groups -OCH3 is 1. The average molecular weight is 412 g/mol. The van der Waals surface area contributed by atoms with Crippen molar-refractivity contribution in [3.8, 4) is 17.2 Å². The molecule has 3 aromatic rings. The zero-order chi connectivity index (χ0) is 21.7. The second-order valence-electron chi connectivity index (χ2n) is 6.74. The molecule has 0 aliphatic carbocycles. The second-order valence-corrected chi connectivity index (χ2v) is 6.74. The number of carbonyl (C=O) groups is 1. The van der Waals surface area contributed by atoms with Crippen LogP contribution < -0.4 is 15.2 Å². The number of rotatable bonds is 8. The zero-order valence-electron chi connectivity index (χ0n) is 17.3. The summed E-state index contributed by atoms with van der Waals surface area (Å²) in [6.45, 7) is 2.98. The summed E-state index contributed by atoms with van der Waals surface area (Å²) in [4.78, 5) is 19.1. The molecule has 30 heavy (non-hydrogen) atoms. The van der Waals surface area contributed by atoms with Gasteiger partial charge in [0.1, 0.15) is 17.4 Å². The van der Waals surface area contributed by atoms with Gasteiger partial charge < -0.3 is 24.7 Å². The highest BCUT2D eigenvalue weighted by Gasteiger charge is 2.19. The number of aryl methyl sites for hydroxylation is 1. The van der Waals surface area contributed by atoms with Gasteiger partial charge in [0.2, 0.25) is 0 Å². The number of imidazole rings is 1. The summed E-state index contributed by atoms with van der Waals surface area (Å²) in [6.07, 6.45) is 3.53. The highest BCUT2D eigenvalue weighted by Crippen LogP contribution is 2.33. The van der Waals surface area contributed by atoms with Crippen molar-refractivity contribution in [2.24, 2.45) is 12.8 Å². The molecule has 0 aliphatic rings. The van der Waals surface area contributed by atoms with Gasteiger partial charge in [-0.2, -0.15) is 0 Å². The molecule has 2 aromatic carbocycles. The number of amides is 1. The monoisotopic (exact) mass is 412 g/mol. The van der Waals surface area contributed by atoms with Crippen molar-refractivity contribution in [3.05, 3.63) is 71.6 Å². The molecule has 0 saturated heterocycles. The standard InChI is InChI=1S/C22H25FN4O3/c1-4-27(14-21-25-7-8-26(21)2)22(28)16-5-6-19(29-3)20(11-16)30-18-10-15(13-24)9-17(23)12-18/h5-12H,4,13-14,24H2,1-3H3. The lowest BCUT2D eigenvalue weighted by Gasteiger charge is -2.21. The van der Waals surface area contributed by atoms with Crippen LogP contribution in [0.15, 0.2) is 48.8 Å². The predicted octanol–water partition coefficient (Wildman–Crippen LogP) is 3.48. The Balaban J connectivity index is 1.88. The minimum atomic E-state index is -0.452. The van der Waals surface area contributed by atoms with Crippen LogP contribution in [0.4, 0.5) is 4.39 Å². The molecule has 1 heterocycles. The van der Waals surface area contributed by atoms with Gasteiger partial charge in [-0.25, -0.2) is 9.37 Å². The molecule has 0 atom stereocenters. The fraction of sp³-hybridized carbons (Fsp3) is 0.273. The third-order valence-electron chi connectivity index (χ3n) is 4.73. The van der Waals surface area contributed by atoms with Gasteiger partial charge in [-0.3, -0.25) is 4.79 Å². The van der Waals surface area contributed by atoms with Gasteiger partial charge in [-0.05, 0) is 42.8 Å². The third-order valence-corrected chi connectivity index (χ3v) is 4.73. The van der Waals surface area contributed by atoms with Crippen LogP contribution in [0.25, 0.3) is 0 Å². The Labute approximate surface area is 174 Å². The van der Waals surface area contributed by atoms with Crippen LogP contribution in [0.2, 0.25) is 0 Å². The SMILES string of the molecule is CCN(Cc1nccn1C)C(=O)c1ccc(OC)c(Oc2cc(F)cc(CN)c2)c1. The summed E-state index contributed by atoms with van der Waals surface area (Å²) in [5.41, 5.74) is 6.64. The quantitative estimate of drug-likeness (QED) is 0.613. The number of halogens is 1. The molecule has 8 heteroatoms. The van der Waals surface area contributed by atoms with Crippen LogP contribution >= 0.6 is 0 Å². The Morgan fingerprint density at radius 2 is 2.03 bits per heavy atom. The molecule has 7 nitrogen and oxygen atoms in total. The molecule has 0 aliphatic heterocycles. The first-order valence-electron chi connectivity index (χ1n) is 9.56. The van der Waals surface area contributed by atoms with E-state index in [4.69, 9.17) is 15.2 Å². The summed E-state index contributed by atoms with van der Waals surface area (Å²) in [7, 11) is 3.38. The molecule has 0 saturated carbocycles. The fourth-order valence-electron chi connectivity index (χ4n) is 3.04. The highest BCUT2D eigenvalue weighted by atomic mass is 19.1. The topological polar surface area (TPSA) is 82.6 Å². The summed E-state index contributed by atoms with van der Waals surface area (Å²) in [5.74, 6) is 1.17. The molecule has 0 unspecified atom stereocenters. The fourth-order valence-corrected chi connectivity index (χ4v) is 3.04. The van der Waals surface area contributed by atoms with E-state index in [-0.39, 0.29) is 18.2 Å². The first kappa shape index (κ1) is 21.3. The van der Waals surface area contributed by atoms with Crippen molar-refractivity contribution in [3.63, 3.8) is 0 Å². The van der Waals surface area contributed by atoms with E-state index in [9.17, 15) is 9.18 Å². The first-order valence-corrected chi connectivity index (χ1v) is 9.56. The molecule has 2 N–H and O–H groups in total. The van der Waals surface area contributed by atoms with Crippen molar-refractivity contribution in [1.82, 2.24) is 14.5 Å². The summed E-state index contributed by atoms with van der Waals surface area (Å²) in [5, 5.41) is 0. The van der Waals surface area contributed by atoms with E-state index in [1.54, 1.807) is 35.4 Å². The third kappa shape index (κ3) is 4.77. The van der Waals surface area contributed by atoms with E-state index in [0.29, 0.717) is 35.7 Å². The minimum absolute atomic E-state index is 0.171. The predicted molar refractivity (Wildman–Crippen MR) is 111 cm³/mol. The molecular formula is C22H25FN4O3. The van der Waals surface area contributed by atoms with E-state index >= 15 is 0 Å². The largest absolute Gasteiger partial charge is 0.493 e. The summed E-state index contributed by atoms with van der Waals surface area (Å²) < 4.78 is 26.9. The first-order chi connectivity index (χ1) is 14.4. The Morgan fingerprint density at radius 3 is 2.67 bits per heavy atom. The van der Waals surface area contributed by atoms with Gasteiger partial charge in [-0.1, -0.05) is 0 Å². The van der Waals surface area contributed by atoms with Crippen molar-refractivity contribution < 1.29 is 18.7 Å². The summed E-state index contributed by atoms with van der Waals surface area (Å²) >= 11 is 0. The van der Waals surface area contributed by atoms with Crippen LogP contribution in [-0.2, 0) is 20.1 Å². The van der Waals surface area contributed by atoms with Crippen molar-refractivity contribution in [2.45, 2.75) is 20.0 Å². The van der Waals surface area contributed by atoms with Crippen LogP contribution in [-0.4, -0.2) is 34.0 Å². The molecule has 0 radical (unpaired) electrons. The van der Waals surface area contributed by atoms with Crippen LogP contribution in [0.3, 0.4) is 0 Å². The molecule has 1 aromatic heterocycles. The number of nitrogens with two attached hydrogens (primary N) is 1. The lowest BCUT2D eigenvalue weighted by molar-refractivity contribution is 0.0747. The molecular weight excluding hydrogens is 387 g/mol. The Kier molecular flexibility index (Phi) is 6.68. The second kappa shape index (κ2) is 9.41. The van der Waals surface area contributed by atoms with E-state index in [0.717, 1.165) is 5.82 Å². The molecule has 0 spiro atoms. The number of hydrogen-bond donors (Lipinski definition) is 1. The number of ether oxygens (including phenoxy) is 2. The number of hydrogen-bond acceptors (Lipinski definition) is 5. The maximum absolute atomic E-state index is 13.8. The smallest absolute Gasteiger partial charge is 0.254 e. The van der Waals surface area contributed by atoms with Crippen LogP contribution in [0.5, 0.6) is 17.2 Å². The molecule has 3 rings (SSSR count). The van der Waals surface area contributed by atoms with Gasteiger partial charge in [0.15, 0.2) is 11.5 Å². The van der Waals surface area contributed by atoms with Crippen LogP contribution in [0.1, 0.15) is 28.7 Å². The average Bonchev–Trinajstić information content (AvgIpc) is 3.15. The van der Waals surface area contributed by atoms with E-state index < -0.39 is 5.82 Å². The van der Waals surface area contributed by atoms with E-state index in [2.05, 4.69) is 4.98 Å². The van der Waals surface area contributed by atoms with Gasteiger partial charge in [0.25, 0.3) is 5.91 Å². The van der Waals surface area contributed by atoms with Crippen molar-refractivity contribution >= 4 is 5.91 Å². The summed E-state index contributed by atoms with van der Waals surface area (Å²) in [6, 6.07) is 9.17. The number of carbonyl (C=O) groups excluding carboxylic acids is 1. The van der Waals surface area contributed by atoms with Crippen molar-refractivity contribution in [2.75, 3.05) is 13.7 Å². The Bertz CT molecular complexity index is 1030. The lowest BCUT2D eigenvalue weighted by Crippen LogP contribution is -2.31. The maximum atomic E-state index is 13.8. The van der Waals surface area contributed by atoms with Crippen molar-refractivity contribution in [1.29, 1.82) is 0 Å². The van der Waals surface area contributed by atoms with Gasteiger partial charge in [-0.15, -0.1) is 0 Å². The highest BCUT2D eigenvalue weighted by molar-refractivity contribution is 5.94. The number of benzene rings is 2. The number of aromatic nitrogens is 2. The van der Waals surface area contributed by atoms with Gasteiger partial charge in [0, 0.05) is 44.2 Å². The lowest BCUT2D eigenvalue weighted by atomic mass is 10.1. The molecule has 158 valence electrons. The molecule has 0 fully saturated rings. The molecule has 0 bridgehead atoms. The van der Waals surface area contributed by atoms with Crippen LogP contribution in [0, 0.1) is 5.82 Å². The Morgan fingerprint density at radius 1 is 1.23 bits per heavy atom. The van der Waals surface area contributed by atoms with E-state index in [1.165, 1.54) is 19.2 Å². The van der Waals surface area contributed by atoms with E-state index in [1.807, 2.05) is 24.7 Å². The zero-order valence-corrected chi connectivity index (χ0v) is 17.3.